The molecule has 23 heavy (non-hydrogen) atoms. The van der Waals surface area contributed by atoms with Crippen molar-refractivity contribution in [3.63, 3.8) is 0 Å². The minimum absolute atomic E-state index is 0.0522. The van der Waals surface area contributed by atoms with Crippen LogP contribution in [0.3, 0.4) is 0 Å². The van der Waals surface area contributed by atoms with Gasteiger partial charge in [0.2, 0.25) is 20.0 Å². The quantitative estimate of drug-likeness (QED) is 0.702. The maximum atomic E-state index is 12.5. The van der Waals surface area contributed by atoms with Crippen molar-refractivity contribution in [1.82, 2.24) is 9.03 Å². The summed E-state index contributed by atoms with van der Waals surface area (Å²) in [4.78, 5) is 0. The summed E-state index contributed by atoms with van der Waals surface area (Å²) < 4.78 is 56.7. The van der Waals surface area contributed by atoms with Crippen LogP contribution in [-0.4, -0.2) is 66.0 Å². The predicted octanol–water partition coefficient (Wildman–Crippen LogP) is 0.394. The Kier molecular flexibility index (Phi) is 6.85. The Hall–Kier alpha value is -0.220. The highest BCUT2D eigenvalue weighted by atomic mass is 32.2. The van der Waals surface area contributed by atoms with Gasteiger partial charge in [-0.2, -0.15) is 0 Å². The van der Waals surface area contributed by atoms with Gasteiger partial charge in [-0.25, -0.2) is 25.9 Å². The summed E-state index contributed by atoms with van der Waals surface area (Å²) in [5, 5.41) is 0. The van der Waals surface area contributed by atoms with Crippen LogP contribution in [0.1, 0.15) is 32.1 Å². The molecule has 2 aliphatic heterocycles. The first-order chi connectivity index (χ1) is 10.8. The second kappa shape index (κ2) is 8.24. The minimum Gasteiger partial charge on any atom is -0.381 e. The van der Waals surface area contributed by atoms with E-state index in [0.717, 1.165) is 45.2 Å². The number of nitrogens with one attached hydrogen (secondary N) is 1. The average Bonchev–Trinajstić information content (AvgIpc) is 2.52. The zero-order valence-electron chi connectivity index (χ0n) is 13.7. The molecule has 1 N–H and O–H groups in total. The maximum absolute atomic E-state index is 12.5. The third-order valence-electron chi connectivity index (χ3n) is 4.63. The summed E-state index contributed by atoms with van der Waals surface area (Å²) in [6.45, 7) is 2.73. The van der Waals surface area contributed by atoms with E-state index in [1.54, 1.807) is 4.31 Å². The van der Waals surface area contributed by atoms with Gasteiger partial charge >= 0.3 is 0 Å². The molecule has 2 heterocycles. The van der Waals surface area contributed by atoms with Crippen molar-refractivity contribution in [2.45, 2.75) is 32.1 Å². The molecule has 0 radical (unpaired) electrons. The number of rotatable bonds is 7. The van der Waals surface area contributed by atoms with Crippen molar-refractivity contribution in [1.29, 1.82) is 0 Å². The topological polar surface area (TPSA) is 92.8 Å². The summed E-state index contributed by atoms with van der Waals surface area (Å²) in [6, 6.07) is 0. The SMILES string of the molecule is CS(=O)(=O)NCC1CCCN(S(=O)(=O)CCC2CCOCC2)C1. The van der Waals surface area contributed by atoms with Crippen molar-refractivity contribution in [2.24, 2.45) is 11.8 Å². The maximum Gasteiger partial charge on any atom is 0.214 e. The van der Waals surface area contributed by atoms with Gasteiger partial charge in [-0.05, 0) is 43.9 Å². The molecular formula is C14H28N2O5S2. The molecule has 136 valence electrons. The molecule has 1 atom stereocenters. The van der Waals surface area contributed by atoms with Crippen LogP contribution in [0.5, 0.6) is 0 Å². The largest absolute Gasteiger partial charge is 0.381 e. The molecule has 0 amide bonds. The van der Waals surface area contributed by atoms with Crippen LogP contribution in [0, 0.1) is 11.8 Å². The van der Waals surface area contributed by atoms with E-state index in [2.05, 4.69) is 4.72 Å². The number of hydrogen-bond acceptors (Lipinski definition) is 5. The Morgan fingerprint density at radius 1 is 1.09 bits per heavy atom. The van der Waals surface area contributed by atoms with Crippen molar-refractivity contribution >= 4 is 20.0 Å². The number of nitrogens with zero attached hydrogens (tertiary/aromatic N) is 1. The molecule has 0 aromatic carbocycles. The smallest absolute Gasteiger partial charge is 0.214 e. The number of ether oxygens (including phenoxy) is 1. The fraction of sp³-hybridized carbons (Fsp3) is 1.00. The molecule has 2 rings (SSSR count). The van der Waals surface area contributed by atoms with Crippen molar-refractivity contribution < 1.29 is 21.6 Å². The first kappa shape index (κ1) is 19.1. The molecule has 7 nitrogen and oxygen atoms in total. The molecule has 2 aliphatic rings. The van der Waals surface area contributed by atoms with Crippen LogP contribution in [0.25, 0.3) is 0 Å². The van der Waals surface area contributed by atoms with Crippen LogP contribution in [0.15, 0.2) is 0 Å². The molecule has 1 unspecified atom stereocenters. The van der Waals surface area contributed by atoms with Gasteiger partial charge in [0.05, 0.1) is 12.0 Å². The minimum atomic E-state index is -3.25. The van der Waals surface area contributed by atoms with Gasteiger partial charge in [-0.1, -0.05) is 0 Å². The van der Waals surface area contributed by atoms with Crippen molar-refractivity contribution in [3.8, 4) is 0 Å². The molecule has 2 saturated heterocycles. The Balaban J connectivity index is 1.83. The molecule has 0 bridgehead atoms. The average molecular weight is 369 g/mol. The first-order valence-corrected chi connectivity index (χ1v) is 11.8. The predicted molar refractivity (Wildman–Crippen MR) is 89.1 cm³/mol. The van der Waals surface area contributed by atoms with Crippen LogP contribution in [0.2, 0.25) is 0 Å². The van der Waals surface area contributed by atoms with Gasteiger partial charge in [-0.15, -0.1) is 0 Å². The van der Waals surface area contributed by atoms with E-state index in [9.17, 15) is 16.8 Å². The van der Waals surface area contributed by atoms with Gasteiger partial charge < -0.3 is 4.74 Å². The molecule has 0 aromatic rings. The highest BCUT2D eigenvalue weighted by Crippen LogP contribution is 2.23. The lowest BCUT2D eigenvalue weighted by atomic mass is 9.98. The third-order valence-corrected chi connectivity index (χ3v) is 7.20. The molecule has 9 heteroatoms. The van der Waals surface area contributed by atoms with Gasteiger partial charge in [-0.3, -0.25) is 0 Å². The molecule has 0 aliphatic carbocycles. The summed E-state index contributed by atoms with van der Waals surface area (Å²) in [5.74, 6) is 0.673. The van der Waals surface area contributed by atoms with Gasteiger partial charge in [0.25, 0.3) is 0 Å². The van der Waals surface area contributed by atoms with Crippen LogP contribution >= 0.6 is 0 Å². The van der Waals surface area contributed by atoms with E-state index < -0.39 is 20.0 Å². The second-order valence-electron chi connectivity index (χ2n) is 6.65. The first-order valence-electron chi connectivity index (χ1n) is 8.26. The summed E-state index contributed by atoms with van der Waals surface area (Å²) >= 11 is 0. The highest BCUT2D eigenvalue weighted by molar-refractivity contribution is 7.89. The Morgan fingerprint density at radius 3 is 2.43 bits per heavy atom. The summed E-state index contributed by atoms with van der Waals surface area (Å²) in [5.41, 5.74) is 0. The van der Waals surface area contributed by atoms with Gasteiger partial charge in [0.1, 0.15) is 0 Å². The lowest BCUT2D eigenvalue weighted by Gasteiger charge is -2.32. The second-order valence-corrected chi connectivity index (χ2v) is 10.6. The molecule has 2 fully saturated rings. The van der Waals surface area contributed by atoms with E-state index in [1.807, 2.05) is 0 Å². The number of sulfonamides is 2. The van der Waals surface area contributed by atoms with E-state index in [0.29, 0.717) is 32.0 Å². The normalized spacial score (nSPS) is 25.5. The van der Waals surface area contributed by atoms with Crippen molar-refractivity contribution in [2.75, 3.05) is 44.9 Å². The van der Waals surface area contributed by atoms with Crippen molar-refractivity contribution in [3.05, 3.63) is 0 Å². The van der Waals surface area contributed by atoms with Crippen LogP contribution in [0.4, 0.5) is 0 Å². The van der Waals surface area contributed by atoms with E-state index in [-0.39, 0.29) is 11.7 Å². The lowest BCUT2D eigenvalue weighted by molar-refractivity contribution is 0.0654. The van der Waals surface area contributed by atoms with Gasteiger partial charge in [0, 0.05) is 32.8 Å². The molecule has 0 saturated carbocycles. The fourth-order valence-corrected chi connectivity index (χ4v) is 5.47. The Bertz CT molecular complexity index is 570. The standard InChI is InChI=1S/C14H28N2O5S2/c1-22(17,18)15-11-14-3-2-7-16(12-14)23(19,20)10-6-13-4-8-21-9-5-13/h13-15H,2-12H2,1H3. The fourth-order valence-electron chi connectivity index (χ4n) is 3.20. The zero-order valence-corrected chi connectivity index (χ0v) is 15.4. The van der Waals surface area contributed by atoms with E-state index in [4.69, 9.17) is 4.74 Å². The number of hydrogen-bond donors (Lipinski definition) is 1. The monoisotopic (exact) mass is 368 g/mol. The summed E-state index contributed by atoms with van der Waals surface area (Å²) in [7, 11) is -6.49. The third kappa shape index (κ3) is 6.66. The van der Waals surface area contributed by atoms with E-state index in [1.165, 1.54) is 0 Å². The zero-order chi connectivity index (χ0) is 16.9. The number of piperidine rings is 1. The Morgan fingerprint density at radius 2 is 1.78 bits per heavy atom. The molecule has 0 aromatic heterocycles. The Labute approximate surface area is 139 Å². The van der Waals surface area contributed by atoms with E-state index >= 15 is 0 Å². The van der Waals surface area contributed by atoms with Gasteiger partial charge in [0.15, 0.2) is 0 Å². The lowest BCUT2D eigenvalue weighted by Crippen LogP contribution is -2.44. The van der Waals surface area contributed by atoms with Crippen LogP contribution < -0.4 is 4.72 Å². The molecular weight excluding hydrogens is 340 g/mol. The highest BCUT2D eigenvalue weighted by Gasteiger charge is 2.29. The molecule has 0 spiro atoms. The summed E-state index contributed by atoms with van der Waals surface area (Å²) in [6.07, 6.45) is 5.33. The van der Waals surface area contributed by atoms with Crippen LogP contribution in [-0.2, 0) is 24.8 Å².